The number of fused-ring (bicyclic) bond motifs is 1. The van der Waals surface area contributed by atoms with Crippen molar-refractivity contribution in [3.8, 4) is 11.5 Å². The summed E-state index contributed by atoms with van der Waals surface area (Å²) in [5, 5.41) is 1.06. The van der Waals surface area contributed by atoms with Gasteiger partial charge in [0, 0.05) is 23.2 Å². The molecular formula is C23H20N2O2. The van der Waals surface area contributed by atoms with Gasteiger partial charge in [-0.05, 0) is 35.9 Å². The van der Waals surface area contributed by atoms with Crippen molar-refractivity contribution < 1.29 is 9.47 Å². The van der Waals surface area contributed by atoms with Crippen molar-refractivity contribution in [3.05, 3.63) is 96.2 Å². The second-order valence-electron chi connectivity index (χ2n) is 6.29. The van der Waals surface area contributed by atoms with Crippen molar-refractivity contribution in [2.24, 2.45) is 0 Å². The van der Waals surface area contributed by atoms with E-state index in [1.54, 1.807) is 6.07 Å². The third kappa shape index (κ3) is 4.36. The molecule has 1 heterocycles. The van der Waals surface area contributed by atoms with Crippen LogP contribution in [0.5, 0.6) is 11.5 Å². The van der Waals surface area contributed by atoms with Crippen molar-refractivity contribution in [2.45, 2.75) is 13.2 Å². The Kier molecular flexibility index (Phi) is 4.88. The maximum Gasteiger partial charge on any atom is 0.130 e. The number of hydrogen-bond donors (Lipinski definition) is 1. The second-order valence-corrected chi connectivity index (χ2v) is 6.29. The fourth-order valence-electron chi connectivity index (χ4n) is 2.81. The summed E-state index contributed by atoms with van der Waals surface area (Å²) < 4.78 is 11.7. The van der Waals surface area contributed by atoms with Gasteiger partial charge in [0.2, 0.25) is 0 Å². The Balaban J connectivity index is 1.47. The van der Waals surface area contributed by atoms with Crippen LogP contribution in [0, 0.1) is 0 Å². The third-order valence-corrected chi connectivity index (χ3v) is 4.21. The lowest BCUT2D eigenvalue weighted by Gasteiger charge is -2.09. The highest BCUT2D eigenvalue weighted by Crippen LogP contribution is 2.22. The van der Waals surface area contributed by atoms with Crippen LogP contribution in [0.15, 0.2) is 84.9 Å². The van der Waals surface area contributed by atoms with Crippen molar-refractivity contribution in [1.82, 2.24) is 4.98 Å². The van der Waals surface area contributed by atoms with Crippen LogP contribution in [0.1, 0.15) is 11.3 Å². The monoisotopic (exact) mass is 356 g/mol. The molecule has 2 N–H and O–H groups in total. The Hall–Kier alpha value is -3.53. The topological polar surface area (TPSA) is 57.4 Å². The smallest absolute Gasteiger partial charge is 0.130 e. The number of pyridine rings is 1. The highest BCUT2D eigenvalue weighted by Gasteiger charge is 2.03. The van der Waals surface area contributed by atoms with Crippen LogP contribution in [-0.4, -0.2) is 4.98 Å². The van der Waals surface area contributed by atoms with Gasteiger partial charge in [-0.3, -0.25) is 0 Å². The molecule has 0 aliphatic heterocycles. The Morgan fingerprint density at radius 2 is 1.48 bits per heavy atom. The molecule has 0 amide bonds. The number of hydrogen-bond acceptors (Lipinski definition) is 4. The van der Waals surface area contributed by atoms with Crippen LogP contribution in [0.3, 0.4) is 0 Å². The van der Waals surface area contributed by atoms with E-state index in [9.17, 15) is 0 Å². The summed E-state index contributed by atoms with van der Waals surface area (Å²) in [4.78, 5) is 4.69. The van der Waals surface area contributed by atoms with Crippen molar-refractivity contribution in [3.63, 3.8) is 0 Å². The van der Waals surface area contributed by atoms with Gasteiger partial charge in [0.1, 0.15) is 24.7 Å². The Labute approximate surface area is 158 Å². The van der Waals surface area contributed by atoms with E-state index in [0.717, 1.165) is 33.7 Å². The van der Waals surface area contributed by atoms with Crippen LogP contribution >= 0.6 is 0 Å². The van der Waals surface area contributed by atoms with E-state index < -0.39 is 0 Å². The summed E-state index contributed by atoms with van der Waals surface area (Å²) in [7, 11) is 0. The Morgan fingerprint density at radius 3 is 2.33 bits per heavy atom. The molecule has 0 bridgehead atoms. The molecule has 0 aliphatic rings. The Morgan fingerprint density at radius 1 is 0.704 bits per heavy atom. The lowest BCUT2D eigenvalue weighted by Crippen LogP contribution is -1.99. The molecule has 1 aromatic heterocycles. The molecule has 4 rings (SSSR count). The molecule has 0 saturated carbocycles. The van der Waals surface area contributed by atoms with E-state index in [4.69, 9.17) is 20.2 Å². The SMILES string of the molecule is Nc1cccc(OCc2ccc3ccc(OCc4ccccc4)cc3n2)c1. The average molecular weight is 356 g/mol. The molecule has 0 radical (unpaired) electrons. The van der Waals surface area contributed by atoms with Crippen LogP contribution < -0.4 is 15.2 Å². The van der Waals surface area contributed by atoms with Gasteiger partial charge < -0.3 is 15.2 Å². The molecule has 4 aromatic rings. The van der Waals surface area contributed by atoms with E-state index in [1.165, 1.54) is 0 Å². The minimum Gasteiger partial charge on any atom is -0.489 e. The molecule has 0 aliphatic carbocycles. The average Bonchev–Trinajstić information content (AvgIpc) is 2.71. The Bertz CT molecular complexity index is 1050. The zero-order chi connectivity index (χ0) is 18.5. The minimum absolute atomic E-state index is 0.383. The van der Waals surface area contributed by atoms with E-state index in [1.807, 2.05) is 78.9 Å². The van der Waals surface area contributed by atoms with Crippen molar-refractivity contribution in [2.75, 3.05) is 5.73 Å². The fraction of sp³-hybridized carbons (Fsp3) is 0.0870. The van der Waals surface area contributed by atoms with Gasteiger partial charge >= 0.3 is 0 Å². The van der Waals surface area contributed by atoms with Gasteiger partial charge in [0.05, 0.1) is 11.2 Å². The first-order valence-corrected chi connectivity index (χ1v) is 8.81. The van der Waals surface area contributed by atoms with E-state index in [2.05, 4.69) is 0 Å². The number of ether oxygens (including phenoxy) is 2. The molecule has 0 fully saturated rings. The maximum atomic E-state index is 5.90. The summed E-state index contributed by atoms with van der Waals surface area (Å²) in [6, 6.07) is 27.5. The summed E-state index contributed by atoms with van der Waals surface area (Å²) in [6.07, 6.45) is 0. The van der Waals surface area contributed by atoms with Gasteiger partial charge in [-0.1, -0.05) is 42.5 Å². The lowest BCUT2D eigenvalue weighted by atomic mass is 10.2. The maximum absolute atomic E-state index is 5.90. The van der Waals surface area contributed by atoms with E-state index >= 15 is 0 Å². The number of nitrogen functional groups attached to an aromatic ring is 1. The normalized spacial score (nSPS) is 10.7. The molecule has 4 nitrogen and oxygen atoms in total. The highest BCUT2D eigenvalue weighted by molar-refractivity contribution is 5.80. The first-order valence-electron chi connectivity index (χ1n) is 8.81. The minimum atomic E-state index is 0.383. The van der Waals surface area contributed by atoms with Gasteiger partial charge in [0.25, 0.3) is 0 Å². The number of aromatic nitrogens is 1. The van der Waals surface area contributed by atoms with Crippen LogP contribution in [0.25, 0.3) is 10.9 Å². The predicted octanol–water partition coefficient (Wildman–Crippen LogP) is 4.98. The fourth-order valence-corrected chi connectivity index (χ4v) is 2.81. The lowest BCUT2D eigenvalue weighted by molar-refractivity contribution is 0.301. The molecule has 134 valence electrons. The largest absolute Gasteiger partial charge is 0.489 e. The number of anilines is 1. The molecule has 0 saturated heterocycles. The van der Waals surface area contributed by atoms with E-state index in [0.29, 0.717) is 18.9 Å². The summed E-state index contributed by atoms with van der Waals surface area (Å²) >= 11 is 0. The van der Waals surface area contributed by atoms with Gasteiger partial charge in [-0.15, -0.1) is 0 Å². The third-order valence-electron chi connectivity index (χ3n) is 4.21. The standard InChI is InChI=1S/C23H20N2O2/c24-19-7-4-8-21(13-19)27-16-20-11-9-18-10-12-22(14-23(18)25-20)26-15-17-5-2-1-3-6-17/h1-14H,15-16,24H2. The highest BCUT2D eigenvalue weighted by atomic mass is 16.5. The first kappa shape index (κ1) is 16.9. The number of rotatable bonds is 6. The molecule has 3 aromatic carbocycles. The molecule has 0 atom stereocenters. The van der Waals surface area contributed by atoms with Gasteiger partial charge in [-0.25, -0.2) is 4.98 Å². The van der Waals surface area contributed by atoms with Crippen LogP contribution in [-0.2, 0) is 13.2 Å². The van der Waals surface area contributed by atoms with E-state index in [-0.39, 0.29) is 0 Å². The summed E-state index contributed by atoms with van der Waals surface area (Å²) in [5.74, 6) is 1.53. The number of nitrogens with two attached hydrogens (primary N) is 1. The predicted molar refractivity (Wildman–Crippen MR) is 108 cm³/mol. The molecule has 0 unspecified atom stereocenters. The quantitative estimate of drug-likeness (QED) is 0.495. The summed E-state index contributed by atoms with van der Waals surface area (Å²) in [5.41, 5.74) is 9.33. The van der Waals surface area contributed by atoms with Crippen LogP contribution in [0.2, 0.25) is 0 Å². The molecule has 27 heavy (non-hydrogen) atoms. The van der Waals surface area contributed by atoms with Crippen molar-refractivity contribution in [1.29, 1.82) is 0 Å². The molecule has 4 heteroatoms. The zero-order valence-corrected chi connectivity index (χ0v) is 14.8. The van der Waals surface area contributed by atoms with Crippen molar-refractivity contribution >= 4 is 16.6 Å². The zero-order valence-electron chi connectivity index (χ0n) is 14.8. The molecule has 0 spiro atoms. The molecular weight excluding hydrogens is 336 g/mol. The number of benzene rings is 3. The summed E-state index contributed by atoms with van der Waals surface area (Å²) in [6.45, 7) is 0.916. The second kappa shape index (κ2) is 7.79. The van der Waals surface area contributed by atoms with Gasteiger partial charge in [0.15, 0.2) is 0 Å². The first-order chi connectivity index (χ1) is 13.3. The van der Waals surface area contributed by atoms with Gasteiger partial charge in [-0.2, -0.15) is 0 Å². The number of nitrogens with zero attached hydrogens (tertiary/aromatic N) is 1. The van der Waals surface area contributed by atoms with Crippen LogP contribution in [0.4, 0.5) is 5.69 Å².